The summed E-state index contributed by atoms with van der Waals surface area (Å²) >= 11 is 0. The number of halogens is 2. The number of anilines is 2. The van der Waals surface area contributed by atoms with Crippen LogP contribution in [0.15, 0.2) is 47.5 Å². The van der Waals surface area contributed by atoms with E-state index in [9.17, 15) is 13.6 Å². The van der Waals surface area contributed by atoms with Gasteiger partial charge in [-0.25, -0.2) is 15.0 Å². The Bertz CT molecular complexity index is 1140. The second-order valence-corrected chi connectivity index (χ2v) is 7.76. The van der Waals surface area contributed by atoms with Gasteiger partial charge in [-0.05, 0) is 51.3 Å². The number of hydrogen-bond donors (Lipinski definition) is 2. The maximum Gasteiger partial charge on any atom is 0.387 e. The molecule has 0 spiro atoms. The second-order valence-electron chi connectivity index (χ2n) is 7.76. The third kappa shape index (κ3) is 5.01. The monoisotopic (exact) mass is 442 g/mol. The largest absolute Gasteiger partial charge is 0.432 e. The molecule has 3 heterocycles. The Morgan fingerprint density at radius 2 is 1.78 bits per heavy atom. The van der Waals surface area contributed by atoms with Crippen LogP contribution < -0.4 is 20.9 Å². The zero-order valence-corrected chi connectivity index (χ0v) is 17.8. The number of nitrogens with zero attached hydrogens (tertiary/aromatic N) is 4. The van der Waals surface area contributed by atoms with E-state index in [1.807, 2.05) is 32.0 Å². The summed E-state index contributed by atoms with van der Waals surface area (Å²) in [7, 11) is 0. The number of alkyl halides is 2. The van der Waals surface area contributed by atoms with Gasteiger partial charge in [0, 0.05) is 23.8 Å². The van der Waals surface area contributed by atoms with Crippen molar-refractivity contribution in [1.82, 2.24) is 19.5 Å². The van der Waals surface area contributed by atoms with Gasteiger partial charge in [-0.3, -0.25) is 9.36 Å². The minimum Gasteiger partial charge on any atom is -0.432 e. The van der Waals surface area contributed by atoms with Crippen molar-refractivity contribution in [2.24, 2.45) is 0 Å². The third-order valence-corrected chi connectivity index (χ3v) is 5.42. The molecule has 4 rings (SSSR count). The molecular formula is C22H24F2N6O2. The molecule has 2 atom stereocenters. The molecule has 1 saturated carbocycles. The first kappa shape index (κ1) is 21.7. The molecule has 168 valence electrons. The van der Waals surface area contributed by atoms with E-state index >= 15 is 0 Å². The summed E-state index contributed by atoms with van der Waals surface area (Å²) in [5, 5.41) is 6.68. The van der Waals surface area contributed by atoms with Gasteiger partial charge in [0.05, 0.1) is 23.8 Å². The Labute approximate surface area is 183 Å². The predicted molar refractivity (Wildman–Crippen MR) is 117 cm³/mol. The quantitative estimate of drug-likeness (QED) is 0.576. The minimum absolute atomic E-state index is 0.0747. The number of pyridine rings is 2. The van der Waals surface area contributed by atoms with Gasteiger partial charge in [-0.2, -0.15) is 8.78 Å². The lowest BCUT2D eigenvalue weighted by Crippen LogP contribution is -2.23. The van der Waals surface area contributed by atoms with E-state index in [-0.39, 0.29) is 23.4 Å². The highest BCUT2D eigenvalue weighted by molar-refractivity contribution is 5.47. The number of ether oxygens (including phenoxy) is 1. The molecular weight excluding hydrogens is 418 g/mol. The number of rotatable bonds is 7. The normalized spacial score (nSPS) is 18.0. The Morgan fingerprint density at radius 1 is 1.06 bits per heavy atom. The van der Waals surface area contributed by atoms with E-state index in [2.05, 4.69) is 30.3 Å². The average molecular weight is 442 g/mol. The molecule has 3 aromatic heterocycles. The van der Waals surface area contributed by atoms with Crippen LogP contribution in [-0.4, -0.2) is 38.2 Å². The van der Waals surface area contributed by atoms with Gasteiger partial charge in [0.15, 0.2) is 5.75 Å². The van der Waals surface area contributed by atoms with Gasteiger partial charge in [-0.15, -0.1) is 0 Å². The molecule has 0 radical (unpaired) electrons. The highest BCUT2D eigenvalue weighted by Gasteiger charge is 2.25. The molecule has 1 aliphatic carbocycles. The molecule has 10 heteroatoms. The maximum absolute atomic E-state index is 12.3. The summed E-state index contributed by atoms with van der Waals surface area (Å²) in [4.78, 5) is 25.0. The molecule has 0 amide bonds. The fraction of sp³-hybridized carbons (Fsp3) is 0.364. The summed E-state index contributed by atoms with van der Waals surface area (Å²) < 4.78 is 30.3. The highest BCUT2D eigenvalue weighted by atomic mass is 19.3. The van der Waals surface area contributed by atoms with Crippen LogP contribution in [0.25, 0.3) is 5.69 Å². The molecule has 0 bridgehead atoms. The second kappa shape index (κ2) is 9.29. The third-order valence-electron chi connectivity index (χ3n) is 5.42. The lowest BCUT2D eigenvalue weighted by molar-refractivity contribution is -0.0503. The molecule has 0 saturated heterocycles. The predicted octanol–water partition coefficient (Wildman–Crippen LogP) is 3.69. The molecule has 0 aromatic carbocycles. The summed E-state index contributed by atoms with van der Waals surface area (Å²) in [6, 6.07) is 9.32. The molecule has 1 aliphatic rings. The summed E-state index contributed by atoms with van der Waals surface area (Å²) in [6.45, 7) is 0.877. The number of aromatic nitrogens is 4. The number of nitrogens with one attached hydrogen (secondary N) is 2. The molecule has 0 unspecified atom stereocenters. The SMILES string of the molecule is Cc1nc(N[C@H]2CC[C@H](Nc3ncc(OC(F)F)cn3)C2)ccc1-n1c(C)cccc1=O. The van der Waals surface area contributed by atoms with Crippen molar-refractivity contribution in [1.29, 1.82) is 0 Å². The summed E-state index contributed by atoms with van der Waals surface area (Å²) in [5.74, 6) is 1.05. The Kier molecular flexibility index (Phi) is 6.29. The first-order chi connectivity index (χ1) is 15.4. The van der Waals surface area contributed by atoms with E-state index in [1.54, 1.807) is 10.6 Å². The van der Waals surface area contributed by atoms with Crippen LogP contribution in [0.5, 0.6) is 5.75 Å². The van der Waals surface area contributed by atoms with E-state index < -0.39 is 6.61 Å². The minimum atomic E-state index is -2.90. The summed E-state index contributed by atoms with van der Waals surface area (Å²) in [5.41, 5.74) is 2.29. The number of aryl methyl sites for hydroxylation is 2. The van der Waals surface area contributed by atoms with Crippen molar-refractivity contribution in [2.75, 3.05) is 10.6 Å². The molecule has 2 N–H and O–H groups in total. The zero-order chi connectivity index (χ0) is 22.7. The lowest BCUT2D eigenvalue weighted by atomic mass is 10.2. The van der Waals surface area contributed by atoms with E-state index in [1.165, 1.54) is 18.5 Å². The maximum atomic E-state index is 12.3. The van der Waals surface area contributed by atoms with Crippen molar-refractivity contribution in [3.8, 4) is 11.4 Å². The van der Waals surface area contributed by atoms with E-state index in [0.29, 0.717) is 5.95 Å². The zero-order valence-electron chi connectivity index (χ0n) is 17.8. The first-order valence-electron chi connectivity index (χ1n) is 10.4. The fourth-order valence-corrected chi connectivity index (χ4v) is 3.96. The smallest absolute Gasteiger partial charge is 0.387 e. The Hall–Kier alpha value is -3.56. The van der Waals surface area contributed by atoms with Crippen molar-refractivity contribution < 1.29 is 13.5 Å². The van der Waals surface area contributed by atoms with Gasteiger partial charge in [0.1, 0.15) is 5.82 Å². The van der Waals surface area contributed by atoms with Crippen LogP contribution in [0.2, 0.25) is 0 Å². The first-order valence-corrected chi connectivity index (χ1v) is 10.4. The van der Waals surface area contributed by atoms with Gasteiger partial charge < -0.3 is 15.4 Å². The van der Waals surface area contributed by atoms with Crippen LogP contribution in [0.3, 0.4) is 0 Å². The molecule has 3 aromatic rings. The molecule has 32 heavy (non-hydrogen) atoms. The van der Waals surface area contributed by atoms with Crippen LogP contribution in [0.4, 0.5) is 20.5 Å². The van der Waals surface area contributed by atoms with Crippen molar-refractivity contribution >= 4 is 11.8 Å². The highest BCUT2D eigenvalue weighted by Crippen LogP contribution is 2.25. The van der Waals surface area contributed by atoms with Gasteiger partial charge >= 0.3 is 6.61 Å². The Morgan fingerprint density at radius 3 is 2.44 bits per heavy atom. The standard InChI is InChI=1S/C22H24F2N6O2/c1-13-4-3-5-20(31)30(13)18-8-9-19(27-14(18)2)28-15-6-7-16(10-15)29-22-25-11-17(12-26-22)32-21(23)24/h3-5,8-9,11-12,15-16,21H,6-7,10H2,1-2H3,(H,27,28)(H,25,26,29)/t15-,16-/m0/s1. The van der Waals surface area contributed by atoms with Gasteiger partial charge in [-0.1, -0.05) is 6.07 Å². The van der Waals surface area contributed by atoms with E-state index in [4.69, 9.17) is 0 Å². The summed E-state index contributed by atoms with van der Waals surface area (Å²) in [6.07, 6.45) is 5.12. The van der Waals surface area contributed by atoms with Crippen LogP contribution in [-0.2, 0) is 0 Å². The topological polar surface area (TPSA) is 94.0 Å². The van der Waals surface area contributed by atoms with Crippen LogP contribution in [0.1, 0.15) is 30.7 Å². The van der Waals surface area contributed by atoms with Gasteiger partial charge in [0.25, 0.3) is 5.56 Å². The molecule has 8 nitrogen and oxygen atoms in total. The van der Waals surface area contributed by atoms with E-state index in [0.717, 1.165) is 42.2 Å². The molecule has 0 aliphatic heterocycles. The van der Waals surface area contributed by atoms with Crippen LogP contribution in [0, 0.1) is 13.8 Å². The van der Waals surface area contributed by atoms with Crippen molar-refractivity contribution in [3.63, 3.8) is 0 Å². The fourth-order valence-electron chi connectivity index (χ4n) is 3.96. The van der Waals surface area contributed by atoms with Crippen LogP contribution >= 0.6 is 0 Å². The van der Waals surface area contributed by atoms with Gasteiger partial charge in [0.2, 0.25) is 5.95 Å². The van der Waals surface area contributed by atoms with Crippen molar-refractivity contribution in [3.05, 3.63) is 64.5 Å². The van der Waals surface area contributed by atoms with Crippen molar-refractivity contribution in [2.45, 2.75) is 51.8 Å². The Balaban J connectivity index is 1.36. The lowest BCUT2D eigenvalue weighted by Gasteiger charge is -2.17. The molecule has 1 fully saturated rings. The average Bonchev–Trinajstić information content (AvgIpc) is 3.17. The number of hydrogen-bond acceptors (Lipinski definition) is 7.